The molecule has 3 aromatic rings. The number of carbonyl (C=O) groups excluding carboxylic acids is 1. The van der Waals surface area contributed by atoms with E-state index in [9.17, 15) is 4.79 Å². The van der Waals surface area contributed by atoms with E-state index in [0.717, 1.165) is 38.3 Å². The predicted molar refractivity (Wildman–Crippen MR) is 119 cm³/mol. The molecule has 1 heterocycles. The van der Waals surface area contributed by atoms with Crippen LogP contribution in [0.25, 0.3) is 0 Å². The molecular weight excluding hydrogens is 386 g/mol. The Hall–Kier alpha value is -3.62. The van der Waals surface area contributed by atoms with Crippen LogP contribution in [0.3, 0.4) is 0 Å². The summed E-state index contributed by atoms with van der Waals surface area (Å²) in [6.45, 7) is 4.59. The Morgan fingerprint density at radius 3 is 2.29 bits per heavy atom. The first-order valence-corrected chi connectivity index (χ1v) is 10.6. The van der Waals surface area contributed by atoms with Gasteiger partial charge in [-0.25, -0.2) is 0 Å². The van der Waals surface area contributed by atoms with Crippen molar-refractivity contribution in [3.63, 3.8) is 0 Å². The standard InChI is InChI=1S/C26H25N3O2/c27-18-21-10-12-22(13-11-21)19-28-14-16-29(17-15-28)26(30)24-8-4-5-9-25(24)31-20-23-6-2-1-3-7-23/h1-13H,14-17,19-20H2/p+1. The number of hydrogen-bond acceptors (Lipinski definition) is 3. The molecule has 0 spiro atoms. The Kier molecular flexibility index (Phi) is 6.61. The van der Waals surface area contributed by atoms with Crippen LogP contribution < -0.4 is 9.64 Å². The van der Waals surface area contributed by atoms with Crippen LogP contribution in [0.15, 0.2) is 78.9 Å². The Morgan fingerprint density at radius 1 is 0.903 bits per heavy atom. The molecule has 0 aliphatic carbocycles. The first kappa shape index (κ1) is 20.6. The van der Waals surface area contributed by atoms with Gasteiger partial charge in [-0.2, -0.15) is 5.26 Å². The number of ether oxygens (including phenoxy) is 1. The molecular formula is C26H26N3O2+. The summed E-state index contributed by atoms with van der Waals surface area (Å²) in [6.07, 6.45) is 0. The third-order valence-electron chi connectivity index (χ3n) is 5.65. The van der Waals surface area contributed by atoms with E-state index in [1.807, 2.05) is 83.8 Å². The van der Waals surface area contributed by atoms with Gasteiger partial charge in [0.15, 0.2) is 0 Å². The average molecular weight is 413 g/mol. The van der Waals surface area contributed by atoms with Crippen molar-refractivity contribution in [1.29, 1.82) is 5.26 Å². The van der Waals surface area contributed by atoms with E-state index in [-0.39, 0.29) is 5.91 Å². The molecule has 1 saturated heterocycles. The number of quaternary nitrogens is 1. The number of nitrogens with one attached hydrogen (secondary N) is 1. The van der Waals surface area contributed by atoms with Crippen LogP contribution in [0.1, 0.15) is 27.0 Å². The Morgan fingerprint density at radius 2 is 1.58 bits per heavy atom. The molecule has 1 N–H and O–H groups in total. The van der Waals surface area contributed by atoms with Gasteiger partial charge < -0.3 is 14.5 Å². The van der Waals surface area contributed by atoms with Gasteiger partial charge in [-0.1, -0.05) is 54.6 Å². The van der Waals surface area contributed by atoms with E-state index in [1.54, 1.807) is 0 Å². The highest BCUT2D eigenvalue weighted by molar-refractivity contribution is 5.97. The molecule has 0 unspecified atom stereocenters. The number of benzene rings is 3. The summed E-state index contributed by atoms with van der Waals surface area (Å²) in [5.41, 5.74) is 3.59. The molecule has 31 heavy (non-hydrogen) atoms. The Balaban J connectivity index is 1.34. The highest BCUT2D eigenvalue weighted by Crippen LogP contribution is 2.21. The Bertz CT molecular complexity index is 1050. The zero-order valence-corrected chi connectivity index (χ0v) is 17.5. The molecule has 0 bridgehead atoms. The summed E-state index contributed by atoms with van der Waals surface area (Å²) in [6, 6.07) is 27.4. The lowest BCUT2D eigenvalue weighted by Crippen LogP contribution is -3.13. The molecule has 156 valence electrons. The molecule has 1 aliphatic rings. The average Bonchev–Trinajstić information content (AvgIpc) is 2.84. The lowest BCUT2D eigenvalue weighted by Gasteiger charge is -2.32. The van der Waals surface area contributed by atoms with Gasteiger partial charge in [0.1, 0.15) is 18.9 Å². The summed E-state index contributed by atoms with van der Waals surface area (Å²) in [7, 11) is 0. The van der Waals surface area contributed by atoms with Gasteiger partial charge in [0.25, 0.3) is 5.91 Å². The first-order valence-electron chi connectivity index (χ1n) is 10.6. The molecule has 0 saturated carbocycles. The summed E-state index contributed by atoms with van der Waals surface area (Å²) in [5, 5.41) is 8.93. The summed E-state index contributed by atoms with van der Waals surface area (Å²) >= 11 is 0. The molecule has 0 atom stereocenters. The molecule has 5 nitrogen and oxygen atoms in total. The van der Waals surface area contributed by atoms with Crippen LogP contribution in [-0.2, 0) is 13.2 Å². The van der Waals surface area contributed by atoms with E-state index >= 15 is 0 Å². The highest BCUT2D eigenvalue weighted by atomic mass is 16.5. The SMILES string of the molecule is N#Cc1ccc(C[NH+]2CCN(C(=O)c3ccccc3OCc3ccccc3)CC2)cc1. The number of piperazine rings is 1. The van der Waals surface area contributed by atoms with Crippen LogP contribution >= 0.6 is 0 Å². The van der Waals surface area contributed by atoms with Crippen LogP contribution in [-0.4, -0.2) is 37.0 Å². The van der Waals surface area contributed by atoms with Crippen molar-refractivity contribution >= 4 is 5.91 Å². The lowest BCUT2D eigenvalue weighted by atomic mass is 10.1. The fourth-order valence-electron chi connectivity index (χ4n) is 3.86. The van der Waals surface area contributed by atoms with E-state index in [1.165, 1.54) is 10.5 Å². The van der Waals surface area contributed by atoms with Crippen molar-refractivity contribution < 1.29 is 14.4 Å². The molecule has 1 fully saturated rings. The largest absolute Gasteiger partial charge is 0.488 e. The summed E-state index contributed by atoms with van der Waals surface area (Å²) in [5.74, 6) is 0.657. The van der Waals surface area contributed by atoms with Crippen LogP contribution in [0, 0.1) is 11.3 Å². The van der Waals surface area contributed by atoms with Crippen LogP contribution in [0.2, 0.25) is 0 Å². The minimum absolute atomic E-state index is 0.0288. The third-order valence-corrected chi connectivity index (χ3v) is 5.65. The van der Waals surface area contributed by atoms with E-state index in [0.29, 0.717) is 23.5 Å². The van der Waals surface area contributed by atoms with E-state index in [4.69, 9.17) is 10.00 Å². The normalized spacial score (nSPS) is 14.1. The van der Waals surface area contributed by atoms with Gasteiger partial charge in [-0.15, -0.1) is 0 Å². The second-order valence-corrected chi connectivity index (χ2v) is 7.80. The zero-order chi connectivity index (χ0) is 21.5. The first-order chi connectivity index (χ1) is 15.2. The fraction of sp³-hybridized carbons (Fsp3) is 0.231. The van der Waals surface area contributed by atoms with Crippen molar-refractivity contribution in [1.82, 2.24) is 4.90 Å². The molecule has 1 amide bonds. The van der Waals surface area contributed by atoms with Crippen molar-refractivity contribution in [2.75, 3.05) is 26.2 Å². The zero-order valence-electron chi connectivity index (χ0n) is 17.5. The monoisotopic (exact) mass is 412 g/mol. The Labute approximate surface area is 183 Å². The maximum absolute atomic E-state index is 13.2. The smallest absolute Gasteiger partial charge is 0.258 e. The molecule has 1 aliphatic heterocycles. The van der Waals surface area contributed by atoms with Gasteiger partial charge in [0.2, 0.25) is 0 Å². The van der Waals surface area contributed by atoms with Crippen molar-refractivity contribution in [2.24, 2.45) is 0 Å². The van der Waals surface area contributed by atoms with Crippen molar-refractivity contribution in [3.8, 4) is 11.8 Å². The number of nitrogens with zero attached hydrogens (tertiary/aromatic N) is 2. The van der Waals surface area contributed by atoms with E-state index < -0.39 is 0 Å². The van der Waals surface area contributed by atoms with Crippen molar-refractivity contribution in [3.05, 3.63) is 101 Å². The minimum Gasteiger partial charge on any atom is -0.488 e. The number of amides is 1. The second kappa shape index (κ2) is 9.92. The number of carbonyl (C=O) groups is 1. The molecule has 5 heteroatoms. The fourth-order valence-corrected chi connectivity index (χ4v) is 3.86. The minimum atomic E-state index is 0.0288. The number of hydrogen-bond donors (Lipinski definition) is 1. The maximum atomic E-state index is 13.2. The topological polar surface area (TPSA) is 57.8 Å². The highest BCUT2D eigenvalue weighted by Gasteiger charge is 2.26. The van der Waals surface area contributed by atoms with Gasteiger partial charge >= 0.3 is 0 Å². The van der Waals surface area contributed by atoms with Gasteiger partial charge in [0, 0.05) is 5.56 Å². The number of nitriles is 1. The van der Waals surface area contributed by atoms with Crippen LogP contribution in [0.5, 0.6) is 5.75 Å². The molecule has 0 aromatic heterocycles. The van der Waals surface area contributed by atoms with Gasteiger partial charge in [-0.05, 0) is 29.8 Å². The summed E-state index contributed by atoms with van der Waals surface area (Å²) < 4.78 is 5.98. The maximum Gasteiger partial charge on any atom is 0.258 e. The third kappa shape index (κ3) is 5.30. The molecule has 3 aromatic carbocycles. The predicted octanol–water partition coefficient (Wildman–Crippen LogP) is 2.68. The van der Waals surface area contributed by atoms with Gasteiger partial charge in [-0.3, -0.25) is 4.79 Å². The number of para-hydroxylation sites is 1. The van der Waals surface area contributed by atoms with Crippen molar-refractivity contribution in [2.45, 2.75) is 13.2 Å². The lowest BCUT2D eigenvalue weighted by molar-refractivity contribution is -0.917. The second-order valence-electron chi connectivity index (χ2n) is 7.80. The van der Waals surface area contributed by atoms with Crippen LogP contribution in [0.4, 0.5) is 0 Å². The number of rotatable bonds is 6. The quantitative estimate of drug-likeness (QED) is 0.677. The summed E-state index contributed by atoms with van der Waals surface area (Å²) in [4.78, 5) is 16.5. The molecule has 4 rings (SSSR count). The van der Waals surface area contributed by atoms with E-state index in [2.05, 4.69) is 6.07 Å². The van der Waals surface area contributed by atoms with Gasteiger partial charge in [0.05, 0.1) is 43.4 Å². The molecule has 0 radical (unpaired) electrons.